The van der Waals surface area contributed by atoms with Gasteiger partial charge in [0.1, 0.15) is 0 Å². The van der Waals surface area contributed by atoms with Crippen LogP contribution in [-0.2, 0) is 19.1 Å². The molecule has 0 heterocycles. The standard InChI is InChI=1S/C11H10F6O4/c1-3-7(18)20-5-9(12,13)11(16,17)10(14,15)6-21-8(19)4-2/h3-4H,1-2,5-6H2. The van der Waals surface area contributed by atoms with Gasteiger partial charge in [-0.15, -0.1) is 0 Å². The lowest BCUT2D eigenvalue weighted by Crippen LogP contribution is -2.58. The van der Waals surface area contributed by atoms with E-state index in [1.807, 2.05) is 0 Å². The van der Waals surface area contributed by atoms with E-state index < -0.39 is 42.9 Å². The Hall–Kier alpha value is -2.00. The summed E-state index contributed by atoms with van der Waals surface area (Å²) in [4.78, 5) is 21.0. The minimum absolute atomic E-state index is 0.387. The third kappa shape index (κ3) is 4.50. The summed E-state index contributed by atoms with van der Waals surface area (Å²) in [5.41, 5.74) is 0. The van der Waals surface area contributed by atoms with E-state index in [0.29, 0.717) is 12.2 Å². The van der Waals surface area contributed by atoms with Gasteiger partial charge >= 0.3 is 29.7 Å². The molecule has 21 heavy (non-hydrogen) atoms. The second-order valence-corrected chi connectivity index (χ2v) is 3.61. The Morgan fingerprint density at radius 3 is 1.33 bits per heavy atom. The normalized spacial score (nSPS) is 12.5. The average Bonchev–Trinajstić information content (AvgIpc) is 2.41. The fourth-order valence-electron chi connectivity index (χ4n) is 0.890. The molecule has 0 aliphatic rings. The molecule has 0 N–H and O–H groups in total. The molecular weight excluding hydrogens is 310 g/mol. The summed E-state index contributed by atoms with van der Waals surface area (Å²) in [5, 5.41) is 0. The number of rotatable bonds is 8. The van der Waals surface area contributed by atoms with Crippen molar-refractivity contribution in [3.05, 3.63) is 25.3 Å². The Labute approximate surface area is 115 Å². The van der Waals surface area contributed by atoms with Gasteiger partial charge in [-0.25, -0.2) is 9.59 Å². The second kappa shape index (κ2) is 6.64. The highest BCUT2D eigenvalue weighted by Crippen LogP contribution is 2.46. The fraction of sp³-hybridized carbons (Fsp3) is 0.455. The van der Waals surface area contributed by atoms with Crippen LogP contribution in [0.2, 0.25) is 0 Å². The van der Waals surface area contributed by atoms with Crippen LogP contribution in [0.4, 0.5) is 26.3 Å². The maximum absolute atomic E-state index is 13.2. The van der Waals surface area contributed by atoms with Gasteiger partial charge in [0, 0.05) is 12.2 Å². The van der Waals surface area contributed by atoms with Crippen LogP contribution in [0, 0.1) is 0 Å². The van der Waals surface area contributed by atoms with Crippen molar-refractivity contribution >= 4 is 11.9 Å². The summed E-state index contributed by atoms with van der Waals surface area (Å²) < 4.78 is 86.0. The van der Waals surface area contributed by atoms with Crippen molar-refractivity contribution in [2.24, 2.45) is 0 Å². The Morgan fingerprint density at radius 2 is 1.10 bits per heavy atom. The highest BCUT2D eigenvalue weighted by atomic mass is 19.3. The number of hydrogen-bond acceptors (Lipinski definition) is 4. The van der Waals surface area contributed by atoms with Gasteiger partial charge in [0.15, 0.2) is 13.2 Å². The van der Waals surface area contributed by atoms with Gasteiger partial charge in [-0.1, -0.05) is 13.2 Å². The molecule has 0 bridgehead atoms. The van der Waals surface area contributed by atoms with Crippen molar-refractivity contribution in [3.63, 3.8) is 0 Å². The second-order valence-electron chi connectivity index (χ2n) is 3.61. The molecule has 0 aromatic rings. The monoisotopic (exact) mass is 320 g/mol. The maximum Gasteiger partial charge on any atom is 0.378 e. The summed E-state index contributed by atoms with van der Waals surface area (Å²) in [6.45, 7) is 1.03. The van der Waals surface area contributed by atoms with Gasteiger partial charge in [-0.2, -0.15) is 26.3 Å². The molecule has 0 saturated carbocycles. The molecule has 4 nitrogen and oxygen atoms in total. The SMILES string of the molecule is C=CC(=O)OCC(F)(F)C(F)(F)C(F)(F)COC(=O)C=C. The minimum Gasteiger partial charge on any atom is -0.456 e. The van der Waals surface area contributed by atoms with E-state index >= 15 is 0 Å². The first-order chi connectivity index (χ1) is 9.41. The Balaban J connectivity index is 5.03. The van der Waals surface area contributed by atoms with Crippen LogP contribution in [0.3, 0.4) is 0 Å². The van der Waals surface area contributed by atoms with Gasteiger partial charge in [-0.3, -0.25) is 0 Å². The van der Waals surface area contributed by atoms with Crippen LogP contribution in [0.25, 0.3) is 0 Å². The molecule has 0 radical (unpaired) electrons. The topological polar surface area (TPSA) is 52.6 Å². The highest BCUT2D eigenvalue weighted by molar-refractivity contribution is 5.81. The summed E-state index contributed by atoms with van der Waals surface area (Å²) >= 11 is 0. The number of carbonyl (C=O) groups excluding carboxylic acids is 2. The fourth-order valence-corrected chi connectivity index (χ4v) is 0.890. The third-order valence-corrected chi connectivity index (χ3v) is 2.04. The molecule has 0 spiro atoms. The van der Waals surface area contributed by atoms with Crippen molar-refractivity contribution in [1.82, 2.24) is 0 Å². The maximum atomic E-state index is 13.2. The molecule has 0 unspecified atom stereocenters. The largest absolute Gasteiger partial charge is 0.456 e. The molecule has 0 aliphatic carbocycles. The molecule has 0 aromatic carbocycles. The van der Waals surface area contributed by atoms with Crippen LogP contribution in [0.15, 0.2) is 25.3 Å². The van der Waals surface area contributed by atoms with E-state index in [1.165, 1.54) is 0 Å². The van der Waals surface area contributed by atoms with Crippen molar-refractivity contribution in [1.29, 1.82) is 0 Å². The first-order valence-corrected chi connectivity index (χ1v) is 5.13. The lowest BCUT2D eigenvalue weighted by Gasteiger charge is -2.31. The number of hydrogen-bond donors (Lipinski definition) is 0. The van der Waals surface area contributed by atoms with Crippen LogP contribution in [-0.4, -0.2) is 42.9 Å². The smallest absolute Gasteiger partial charge is 0.378 e. The Bertz CT molecular complexity index is 394. The molecule has 0 aromatic heterocycles. The predicted octanol–water partition coefficient (Wildman–Crippen LogP) is 2.35. The summed E-state index contributed by atoms with van der Waals surface area (Å²) in [6, 6.07) is 0. The van der Waals surface area contributed by atoms with Gasteiger partial charge in [0.25, 0.3) is 0 Å². The quantitative estimate of drug-likeness (QED) is 0.391. The zero-order valence-corrected chi connectivity index (χ0v) is 10.4. The summed E-state index contributed by atoms with van der Waals surface area (Å²) in [5.74, 6) is -19.7. The van der Waals surface area contributed by atoms with Crippen molar-refractivity contribution < 1.29 is 45.4 Å². The van der Waals surface area contributed by atoms with E-state index in [1.54, 1.807) is 0 Å². The van der Waals surface area contributed by atoms with Crippen molar-refractivity contribution in [2.75, 3.05) is 13.2 Å². The minimum atomic E-state index is -5.93. The highest BCUT2D eigenvalue weighted by Gasteiger charge is 2.72. The predicted molar refractivity (Wildman–Crippen MR) is 57.2 cm³/mol. The lowest BCUT2D eigenvalue weighted by molar-refractivity contribution is -0.324. The molecule has 10 heteroatoms. The van der Waals surface area contributed by atoms with E-state index in [4.69, 9.17) is 0 Å². The number of halogens is 6. The average molecular weight is 320 g/mol. The molecule has 0 aliphatic heterocycles. The Morgan fingerprint density at radius 1 is 0.810 bits per heavy atom. The number of carbonyl (C=O) groups is 2. The van der Waals surface area contributed by atoms with Gasteiger partial charge < -0.3 is 9.47 Å². The van der Waals surface area contributed by atoms with Crippen molar-refractivity contribution in [3.8, 4) is 0 Å². The lowest BCUT2D eigenvalue weighted by atomic mass is 10.1. The summed E-state index contributed by atoms with van der Waals surface area (Å²) in [7, 11) is 0. The van der Waals surface area contributed by atoms with E-state index in [-0.39, 0.29) is 0 Å². The summed E-state index contributed by atoms with van der Waals surface area (Å²) in [6.07, 6.45) is 0.774. The molecule has 0 fully saturated rings. The van der Waals surface area contributed by atoms with Gasteiger partial charge in [0.2, 0.25) is 0 Å². The van der Waals surface area contributed by atoms with Crippen molar-refractivity contribution in [2.45, 2.75) is 17.8 Å². The van der Waals surface area contributed by atoms with Gasteiger partial charge in [-0.05, 0) is 0 Å². The molecule has 120 valence electrons. The molecule has 0 amide bonds. The molecule has 0 atom stereocenters. The van der Waals surface area contributed by atoms with Crippen LogP contribution < -0.4 is 0 Å². The van der Waals surface area contributed by atoms with E-state index in [2.05, 4.69) is 22.6 Å². The molecule has 0 rings (SSSR count). The van der Waals surface area contributed by atoms with Crippen LogP contribution in [0.1, 0.15) is 0 Å². The van der Waals surface area contributed by atoms with E-state index in [0.717, 1.165) is 0 Å². The van der Waals surface area contributed by atoms with Crippen LogP contribution in [0.5, 0.6) is 0 Å². The first-order valence-electron chi connectivity index (χ1n) is 5.13. The first kappa shape index (κ1) is 19.0. The Kier molecular flexibility index (Phi) is 6.00. The number of alkyl halides is 6. The molecular formula is C11H10F6O4. The zero-order chi connectivity index (χ0) is 16.9. The van der Waals surface area contributed by atoms with E-state index in [9.17, 15) is 35.9 Å². The third-order valence-electron chi connectivity index (χ3n) is 2.04. The van der Waals surface area contributed by atoms with Crippen LogP contribution >= 0.6 is 0 Å². The molecule has 0 saturated heterocycles. The van der Waals surface area contributed by atoms with Gasteiger partial charge in [0.05, 0.1) is 0 Å². The number of esters is 2. The zero-order valence-electron chi connectivity index (χ0n) is 10.4. The number of ether oxygens (including phenoxy) is 2.